The Morgan fingerprint density at radius 3 is 2.62 bits per heavy atom. The molecule has 4 nitrogen and oxygen atoms in total. The number of hydrogen-bond donors (Lipinski definition) is 2. The summed E-state index contributed by atoms with van der Waals surface area (Å²) < 4.78 is 0. The lowest BCUT2D eigenvalue weighted by Gasteiger charge is -2.25. The zero-order chi connectivity index (χ0) is 18.5. The number of fused-ring (bicyclic) bond motifs is 1. The number of phenolic OH excluding ortho intramolecular Hbond substituents is 1. The molecule has 0 radical (unpaired) electrons. The highest BCUT2D eigenvalue weighted by Crippen LogP contribution is 2.26. The topological polar surface area (TPSA) is 61.7 Å². The summed E-state index contributed by atoms with van der Waals surface area (Å²) in [5.74, 6) is 0.262. The second kappa shape index (κ2) is 8.35. The van der Waals surface area contributed by atoms with Gasteiger partial charge in [0.15, 0.2) is 0 Å². The van der Waals surface area contributed by atoms with Crippen molar-refractivity contribution in [2.24, 2.45) is 10.9 Å². The van der Waals surface area contributed by atoms with Crippen molar-refractivity contribution in [2.75, 3.05) is 0 Å². The summed E-state index contributed by atoms with van der Waals surface area (Å²) in [5.41, 5.74) is 0.666. The Bertz CT molecular complexity index is 792. The molecule has 1 atom stereocenters. The molecule has 0 aliphatic heterocycles. The van der Waals surface area contributed by atoms with Gasteiger partial charge >= 0.3 is 0 Å². The zero-order valence-electron chi connectivity index (χ0n) is 15.6. The molecule has 0 saturated heterocycles. The van der Waals surface area contributed by atoms with Gasteiger partial charge in [-0.1, -0.05) is 63.4 Å². The van der Waals surface area contributed by atoms with Gasteiger partial charge in [-0.15, -0.1) is 0 Å². The van der Waals surface area contributed by atoms with Gasteiger partial charge in [-0.05, 0) is 35.6 Å². The minimum Gasteiger partial charge on any atom is -0.507 e. The van der Waals surface area contributed by atoms with E-state index in [1.54, 1.807) is 12.3 Å². The highest BCUT2D eigenvalue weighted by Gasteiger charge is 2.24. The molecule has 3 rings (SSSR count). The van der Waals surface area contributed by atoms with Gasteiger partial charge in [-0.3, -0.25) is 9.79 Å². The van der Waals surface area contributed by atoms with E-state index < -0.39 is 6.04 Å². The lowest BCUT2D eigenvalue weighted by atomic mass is 9.94. The molecule has 0 unspecified atom stereocenters. The molecule has 138 valence electrons. The number of hydrogen-bond acceptors (Lipinski definition) is 3. The second-order valence-corrected chi connectivity index (χ2v) is 7.53. The number of carbonyl (C=O) groups is 1. The van der Waals surface area contributed by atoms with Crippen LogP contribution in [0.4, 0.5) is 0 Å². The summed E-state index contributed by atoms with van der Waals surface area (Å²) in [6, 6.07) is 11.3. The molecule has 2 aromatic rings. The fourth-order valence-corrected chi connectivity index (χ4v) is 3.65. The highest BCUT2D eigenvalue weighted by atomic mass is 16.3. The lowest BCUT2D eigenvalue weighted by molar-refractivity contribution is -0.124. The second-order valence-electron chi connectivity index (χ2n) is 7.53. The van der Waals surface area contributed by atoms with E-state index in [1.165, 1.54) is 19.3 Å². The van der Waals surface area contributed by atoms with E-state index in [0.29, 0.717) is 5.56 Å². The van der Waals surface area contributed by atoms with Crippen LogP contribution in [0.3, 0.4) is 0 Å². The molecule has 1 aliphatic rings. The van der Waals surface area contributed by atoms with E-state index in [2.05, 4.69) is 10.3 Å². The molecule has 0 spiro atoms. The Labute approximate surface area is 155 Å². The number of benzene rings is 2. The Hall–Kier alpha value is -2.36. The van der Waals surface area contributed by atoms with Crippen molar-refractivity contribution < 1.29 is 9.90 Å². The first-order valence-corrected chi connectivity index (χ1v) is 9.60. The summed E-state index contributed by atoms with van der Waals surface area (Å²) in [4.78, 5) is 17.3. The number of amides is 1. The molecule has 0 heterocycles. The van der Waals surface area contributed by atoms with Gasteiger partial charge in [0.25, 0.3) is 0 Å². The maximum Gasteiger partial charge on any atom is 0.245 e. The summed E-state index contributed by atoms with van der Waals surface area (Å²) >= 11 is 0. The molecule has 1 aliphatic carbocycles. The van der Waals surface area contributed by atoms with Crippen LogP contribution in [-0.4, -0.2) is 29.3 Å². The molecule has 0 aromatic heterocycles. The Morgan fingerprint density at radius 2 is 1.88 bits per heavy atom. The largest absolute Gasteiger partial charge is 0.507 e. The van der Waals surface area contributed by atoms with Gasteiger partial charge in [0.05, 0.1) is 0 Å². The average Bonchev–Trinajstić information content (AvgIpc) is 2.64. The first kappa shape index (κ1) is 18.4. The van der Waals surface area contributed by atoms with Crippen molar-refractivity contribution in [3.63, 3.8) is 0 Å². The SMILES string of the molecule is CC(C)[C@H](N=Cc1c(O)ccc2ccccc12)C(=O)NC1CCCCC1. The monoisotopic (exact) mass is 352 g/mol. The van der Waals surface area contributed by atoms with Crippen molar-refractivity contribution in [3.8, 4) is 5.75 Å². The minimum atomic E-state index is -0.449. The van der Waals surface area contributed by atoms with Gasteiger partial charge in [-0.25, -0.2) is 0 Å². The maximum absolute atomic E-state index is 12.7. The standard InChI is InChI=1S/C22H28N2O2/c1-15(2)21(22(26)24-17-9-4-3-5-10-17)23-14-19-18-11-7-6-8-16(18)12-13-20(19)25/h6-8,11-15,17,21,25H,3-5,9-10H2,1-2H3,(H,24,26)/t21-/m0/s1. The quantitative estimate of drug-likeness (QED) is 0.782. The Kier molecular flexibility index (Phi) is 5.92. The molecule has 4 heteroatoms. The molecule has 1 fully saturated rings. The molecule has 1 amide bonds. The van der Waals surface area contributed by atoms with Crippen LogP contribution in [0.15, 0.2) is 41.4 Å². The van der Waals surface area contributed by atoms with Crippen molar-refractivity contribution in [1.82, 2.24) is 5.32 Å². The van der Waals surface area contributed by atoms with Gasteiger partial charge in [0.2, 0.25) is 5.91 Å². The fourth-order valence-electron chi connectivity index (χ4n) is 3.65. The van der Waals surface area contributed by atoms with Crippen molar-refractivity contribution in [3.05, 3.63) is 42.0 Å². The third kappa shape index (κ3) is 4.24. The van der Waals surface area contributed by atoms with Crippen LogP contribution in [0, 0.1) is 5.92 Å². The number of nitrogens with zero attached hydrogens (tertiary/aromatic N) is 1. The number of aliphatic imine (C=N–C) groups is 1. The fraction of sp³-hybridized carbons (Fsp3) is 0.455. The molecule has 26 heavy (non-hydrogen) atoms. The number of nitrogens with one attached hydrogen (secondary N) is 1. The van der Waals surface area contributed by atoms with Gasteiger partial charge in [0, 0.05) is 17.8 Å². The molecular formula is C22H28N2O2. The number of aromatic hydroxyl groups is 1. The van der Waals surface area contributed by atoms with E-state index in [1.807, 2.05) is 44.2 Å². The molecule has 2 aromatic carbocycles. The van der Waals surface area contributed by atoms with Crippen LogP contribution in [0.2, 0.25) is 0 Å². The maximum atomic E-state index is 12.7. The number of carbonyl (C=O) groups excluding carboxylic acids is 1. The van der Waals surface area contributed by atoms with E-state index in [9.17, 15) is 9.90 Å². The van der Waals surface area contributed by atoms with E-state index in [0.717, 1.165) is 23.6 Å². The smallest absolute Gasteiger partial charge is 0.245 e. The molecular weight excluding hydrogens is 324 g/mol. The first-order valence-electron chi connectivity index (χ1n) is 9.60. The van der Waals surface area contributed by atoms with Crippen LogP contribution in [0.25, 0.3) is 10.8 Å². The predicted molar refractivity (Wildman–Crippen MR) is 107 cm³/mol. The summed E-state index contributed by atoms with van der Waals surface area (Å²) in [6.07, 6.45) is 7.41. The first-order chi connectivity index (χ1) is 12.6. The molecule has 0 bridgehead atoms. The van der Waals surface area contributed by atoms with Crippen LogP contribution < -0.4 is 5.32 Å². The van der Waals surface area contributed by atoms with Crippen LogP contribution in [0.1, 0.15) is 51.5 Å². The van der Waals surface area contributed by atoms with E-state index in [-0.39, 0.29) is 23.6 Å². The van der Waals surface area contributed by atoms with Crippen LogP contribution in [0.5, 0.6) is 5.75 Å². The Balaban J connectivity index is 1.81. The zero-order valence-corrected chi connectivity index (χ0v) is 15.6. The average molecular weight is 352 g/mol. The highest BCUT2D eigenvalue weighted by molar-refractivity contribution is 6.03. The number of phenols is 1. The van der Waals surface area contributed by atoms with Crippen LogP contribution >= 0.6 is 0 Å². The van der Waals surface area contributed by atoms with Crippen molar-refractivity contribution in [2.45, 2.75) is 58.0 Å². The van der Waals surface area contributed by atoms with Crippen LogP contribution in [-0.2, 0) is 4.79 Å². The number of rotatable bonds is 5. The summed E-state index contributed by atoms with van der Waals surface area (Å²) in [7, 11) is 0. The van der Waals surface area contributed by atoms with Gasteiger partial charge in [-0.2, -0.15) is 0 Å². The summed E-state index contributed by atoms with van der Waals surface area (Å²) in [5, 5.41) is 15.4. The van der Waals surface area contributed by atoms with Gasteiger partial charge < -0.3 is 10.4 Å². The Morgan fingerprint density at radius 1 is 1.15 bits per heavy atom. The normalized spacial score (nSPS) is 17.0. The minimum absolute atomic E-state index is 0.0112. The third-order valence-electron chi connectivity index (χ3n) is 5.16. The van der Waals surface area contributed by atoms with E-state index >= 15 is 0 Å². The predicted octanol–water partition coefficient (Wildman–Crippen LogP) is 4.44. The summed E-state index contributed by atoms with van der Waals surface area (Å²) in [6.45, 7) is 4.01. The van der Waals surface area contributed by atoms with E-state index in [4.69, 9.17) is 0 Å². The van der Waals surface area contributed by atoms with Gasteiger partial charge in [0.1, 0.15) is 11.8 Å². The lowest BCUT2D eigenvalue weighted by Crippen LogP contribution is -2.43. The van der Waals surface area contributed by atoms with Crippen molar-refractivity contribution in [1.29, 1.82) is 0 Å². The molecule has 2 N–H and O–H groups in total. The molecule has 1 saturated carbocycles. The third-order valence-corrected chi connectivity index (χ3v) is 5.16. The van der Waals surface area contributed by atoms with Crippen molar-refractivity contribution >= 4 is 22.9 Å².